The molecule has 5 heteroatoms. The second-order valence-corrected chi connectivity index (χ2v) is 3.66. The summed E-state index contributed by atoms with van der Waals surface area (Å²) < 4.78 is 4.93. The Morgan fingerprint density at radius 3 is 2.71 bits per heavy atom. The Hall–Kier alpha value is -0.680. The number of carbonyl (C=O) groups is 1. The zero-order valence-electron chi connectivity index (χ0n) is 8.49. The fourth-order valence-corrected chi connectivity index (χ4v) is 0.958. The molecule has 0 aromatic carbocycles. The molecule has 4 nitrogen and oxygen atoms in total. The maximum absolute atomic E-state index is 11.2. The van der Waals surface area contributed by atoms with Gasteiger partial charge in [-0.1, -0.05) is 25.6 Å². The van der Waals surface area contributed by atoms with Crippen LogP contribution in [-0.4, -0.2) is 23.6 Å². The number of esters is 1. The average Bonchev–Trinajstić information content (AvgIpc) is 2.14. The van der Waals surface area contributed by atoms with Gasteiger partial charge in [-0.05, 0) is 19.3 Å². The molecule has 4 N–H and O–H groups in total. The number of rotatable bonds is 7. The number of unbranched alkanes of at least 4 members (excludes halogenated alkanes) is 1. The summed E-state index contributed by atoms with van der Waals surface area (Å²) in [5.41, 5.74) is 10.8. The second kappa shape index (κ2) is 7.70. The van der Waals surface area contributed by atoms with Gasteiger partial charge in [0.15, 0.2) is 0 Å². The lowest BCUT2D eigenvalue weighted by Crippen LogP contribution is -2.33. The Kier molecular flexibility index (Phi) is 7.32. The third-order valence-electron chi connectivity index (χ3n) is 1.75. The van der Waals surface area contributed by atoms with Gasteiger partial charge in [-0.2, -0.15) is 0 Å². The van der Waals surface area contributed by atoms with E-state index in [0.717, 1.165) is 12.8 Å². The van der Waals surface area contributed by atoms with Crippen LogP contribution in [0.2, 0.25) is 0 Å². The largest absolute Gasteiger partial charge is 0.465 e. The maximum atomic E-state index is 11.2. The summed E-state index contributed by atoms with van der Waals surface area (Å²) in [5, 5.41) is 0. The first kappa shape index (κ1) is 13.3. The Morgan fingerprint density at radius 1 is 1.57 bits per heavy atom. The van der Waals surface area contributed by atoms with Crippen LogP contribution >= 0.6 is 12.2 Å². The van der Waals surface area contributed by atoms with E-state index in [1.807, 2.05) is 6.92 Å². The summed E-state index contributed by atoms with van der Waals surface area (Å²) in [4.78, 5) is 11.6. The van der Waals surface area contributed by atoms with Crippen molar-refractivity contribution in [2.45, 2.75) is 38.6 Å². The van der Waals surface area contributed by atoms with Crippen LogP contribution in [0.4, 0.5) is 0 Å². The lowest BCUT2D eigenvalue weighted by molar-refractivity contribution is -0.145. The van der Waals surface area contributed by atoms with Gasteiger partial charge >= 0.3 is 5.97 Å². The highest BCUT2D eigenvalue weighted by Crippen LogP contribution is 1.98. The van der Waals surface area contributed by atoms with Crippen LogP contribution < -0.4 is 11.5 Å². The predicted molar refractivity (Wildman–Crippen MR) is 59.9 cm³/mol. The number of hydrogen-bond donors (Lipinski definition) is 2. The average molecular weight is 218 g/mol. The summed E-state index contributed by atoms with van der Waals surface area (Å²) in [6.07, 6.45) is 2.81. The molecular weight excluding hydrogens is 200 g/mol. The molecular formula is C9H18N2O2S. The summed E-state index contributed by atoms with van der Waals surface area (Å²) >= 11 is 4.68. The summed E-state index contributed by atoms with van der Waals surface area (Å²) in [5.74, 6) is -0.366. The van der Waals surface area contributed by atoms with Crippen LogP contribution in [0.15, 0.2) is 0 Å². The molecule has 0 fully saturated rings. The van der Waals surface area contributed by atoms with Gasteiger partial charge in [0.2, 0.25) is 0 Å². The number of hydrogen-bond acceptors (Lipinski definition) is 4. The molecule has 0 aliphatic heterocycles. The van der Waals surface area contributed by atoms with Crippen molar-refractivity contribution in [3.05, 3.63) is 0 Å². The van der Waals surface area contributed by atoms with Crippen LogP contribution in [0.1, 0.15) is 32.6 Å². The van der Waals surface area contributed by atoms with Crippen LogP contribution in [0.25, 0.3) is 0 Å². The van der Waals surface area contributed by atoms with Crippen molar-refractivity contribution in [3.8, 4) is 0 Å². The molecule has 0 aliphatic rings. The van der Waals surface area contributed by atoms with E-state index < -0.39 is 6.04 Å². The van der Waals surface area contributed by atoms with E-state index >= 15 is 0 Å². The highest BCUT2D eigenvalue weighted by molar-refractivity contribution is 7.80. The van der Waals surface area contributed by atoms with E-state index in [1.54, 1.807) is 0 Å². The summed E-state index contributed by atoms with van der Waals surface area (Å²) in [6.45, 7) is 2.47. The number of ether oxygens (including phenoxy) is 1. The minimum Gasteiger partial charge on any atom is -0.465 e. The molecule has 1 unspecified atom stereocenters. The van der Waals surface area contributed by atoms with Crippen molar-refractivity contribution >= 4 is 23.2 Å². The van der Waals surface area contributed by atoms with E-state index in [9.17, 15) is 4.79 Å². The van der Waals surface area contributed by atoms with Crippen molar-refractivity contribution in [2.24, 2.45) is 11.5 Å². The normalized spacial score (nSPS) is 12.1. The van der Waals surface area contributed by atoms with E-state index in [0.29, 0.717) is 24.4 Å². The third kappa shape index (κ3) is 6.80. The molecule has 0 aromatic heterocycles. The molecule has 0 aliphatic carbocycles. The van der Waals surface area contributed by atoms with E-state index in [4.69, 9.17) is 16.2 Å². The van der Waals surface area contributed by atoms with Gasteiger partial charge in [-0.25, -0.2) is 0 Å². The monoisotopic (exact) mass is 218 g/mol. The van der Waals surface area contributed by atoms with Gasteiger partial charge in [-0.15, -0.1) is 0 Å². The first-order valence-corrected chi connectivity index (χ1v) is 5.19. The quantitative estimate of drug-likeness (QED) is 0.374. The molecule has 0 bridgehead atoms. The van der Waals surface area contributed by atoms with Crippen LogP contribution in [0.3, 0.4) is 0 Å². The topological polar surface area (TPSA) is 78.3 Å². The Balaban J connectivity index is 3.59. The molecule has 14 heavy (non-hydrogen) atoms. The lowest BCUT2D eigenvalue weighted by Gasteiger charge is -2.10. The number of carbonyl (C=O) groups excluding carboxylic acids is 1. The van der Waals surface area contributed by atoms with Crippen molar-refractivity contribution in [2.75, 3.05) is 6.61 Å². The molecule has 0 radical (unpaired) electrons. The fourth-order valence-electron chi connectivity index (χ4n) is 0.840. The van der Waals surface area contributed by atoms with Gasteiger partial charge < -0.3 is 16.2 Å². The lowest BCUT2D eigenvalue weighted by atomic mass is 10.2. The smallest absolute Gasteiger partial charge is 0.322 e. The molecule has 0 saturated heterocycles. The second-order valence-electron chi connectivity index (χ2n) is 3.13. The molecule has 0 saturated carbocycles. The van der Waals surface area contributed by atoms with Crippen LogP contribution in [0, 0.1) is 0 Å². The van der Waals surface area contributed by atoms with Gasteiger partial charge in [-0.3, -0.25) is 4.79 Å². The summed E-state index contributed by atoms with van der Waals surface area (Å²) in [6, 6.07) is -0.603. The number of nitrogens with two attached hydrogens (primary N) is 2. The van der Waals surface area contributed by atoms with Crippen molar-refractivity contribution in [1.82, 2.24) is 0 Å². The van der Waals surface area contributed by atoms with E-state index in [2.05, 4.69) is 12.2 Å². The Labute approximate surface area is 90.0 Å². The Bertz CT molecular complexity index is 197. The van der Waals surface area contributed by atoms with Crippen molar-refractivity contribution in [3.63, 3.8) is 0 Å². The first-order valence-electron chi connectivity index (χ1n) is 4.78. The molecule has 0 rings (SSSR count). The zero-order valence-corrected chi connectivity index (χ0v) is 9.31. The minimum absolute atomic E-state index is 0.366. The Morgan fingerprint density at radius 2 is 2.21 bits per heavy atom. The van der Waals surface area contributed by atoms with Gasteiger partial charge in [0.1, 0.15) is 6.04 Å². The van der Waals surface area contributed by atoms with E-state index in [-0.39, 0.29) is 5.97 Å². The van der Waals surface area contributed by atoms with Gasteiger partial charge in [0.25, 0.3) is 0 Å². The molecule has 0 heterocycles. The summed E-state index contributed by atoms with van der Waals surface area (Å²) in [7, 11) is 0. The predicted octanol–water partition coefficient (Wildman–Crippen LogP) is 0.723. The molecule has 1 atom stereocenters. The minimum atomic E-state index is -0.603. The zero-order chi connectivity index (χ0) is 11.0. The third-order valence-corrected chi connectivity index (χ3v) is 1.95. The first-order chi connectivity index (χ1) is 6.57. The van der Waals surface area contributed by atoms with Gasteiger partial charge in [0.05, 0.1) is 11.6 Å². The maximum Gasteiger partial charge on any atom is 0.322 e. The highest BCUT2D eigenvalue weighted by atomic mass is 32.1. The fraction of sp³-hybridized carbons (Fsp3) is 0.778. The van der Waals surface area contributed by atoms with Crippen molar-refractivity contribution in [1.29, 1.82) is 0 Å². The van der Waals surface area contributed by atoms with Gasteiger partial charge in [0, 0.05) is 0 Å². The number of thiocarbonyl (C=S) groups is 1. The molecule has 0 amide bonds. The molecule has 0 aromatic rings. The van der Waals surface area contributed by atoms with E-state index in [1.165, 1.54) is 0 Å². The highest BCUT2D eigenvalue weighted by Gasteiger charge is 2.14. The van der Waals surface area contributed by atoms with Crippen LogP contribution in [0.5, 0.6) is 0 Å². The van der Waals surface area contributed by atoms with Crippen LogP contribution in [-0.2, 0) is 9.53 Å². The standard InChI is InChI=1S/C9H18N2O2S/c1-2-3-6-13-9(12)7(10)4-5-8(11)14/h7H,2-6,10H2,1H3,(H2,11,14). The van der Waals surface area contributed by atoms with Crippen molar-refractivity contribution < 1.29 is 9.53 Å². The molecule has 82 valence electrons. The SMILES string of the molecule is CCCCOC(=O)C(N)CCC(N)=S. The molecule has 0 spiro atoms.